The average Bonchev–Trinajstić information content (AvgIpc) is 2.32. The molecular weight excluding hydrogens is 224 g/mol. The minimum Gasteiger partial charge on any atom is -0.465 e. The highest BCUT2D eigenvalue weighted by Gasteiger charge is 2.11. The SMILES string of the molecule is O=C(O)Nc1cnc(CN2CCOCC2)nc1. The van der Waals surface area contributed by atoms with Crippen LogP contribution in [0.4, 0.5) is 10.5 Å². The fourth-order valence-electron chi connectivity index (χ4n) is 1.58. The first-order valence-corrected chi connectivity index (χ1v) is 5.35. The smallest absolute Gasteiger partial charge is 0.409 e. The lowest BCUT2D eigenvalue weighted by molar-refractivity contribution is 0.0330. The Hall–Kier alpha value is -1.73. The Bertz CT molecular complexity index is 376. The molecule has 1 aliphatic rings. The second-order valence-electron chi connectivity index (χ2n) is 3.71. The Morgan fingerprint density at radius 3 is 2.65 bits per heavy atom. The Balaban J connectivity index is 1.90. The summed E-state index contributed by atoms with van der Waals surface area (Å²) >= 11 is 0. The molecule has 0 atom stereocenters. The topological polar surface area (TPSA) is 87.6 Å². The van der Waals surface area contributed by atoms with Gasteiger partial charge in [0.05, 0.1) is 37.8 Å². The normalized spacial score (nSPS) is 16.7. The second kappa shape index (κ2) is 5.55. The standard InChI is InChI=1S/C10H14N4O3/c15-10(16)13-8-5-11-9(12-6-8)7-14-1-3-17-4-2-14/h5-6,13H,1-4,7H2,(H,15,16). The number of carbonyl (C=O) groups is 1. The molecule has 2 N–H and O–H groups in total. The van der Waals surface area contributed by atoms with Gasteiger partial charge in [0.25, 0.3) is 0 Å². The zero-order valence-corrected chi connectivity index (χ0v) is 9.30. The lowest BCUT2D eigenvalue weighted by Crippen LogP contribution is -2.36. The van der Waals surface area contributed by atoms with Gasteiger partial charge in [-0.3, -0.25) is 10.2 Å². The molecule has 0 spiro atoms. The number of aromatic nitrogens is 2. The van der Waals surface area contributed by atoms with E-state index in [2.05, 4.69) is 20.2 Å². The van der Waals surface area contributed by atoms with Crippen LogP contribution in [0.5, 0.6) is 0 Å². The van der Waals surface area contributed by atoms with E-state index in [4.69, 9.17) is 9.84 Å². The minimum absolute atomic E-state index is 0.378. The molecule has 0 unspecified atom stereocenters. The number of ether oxygens (including phenoxy) is 1. The molecule has 17 heavy (non-hydrogen) atoms. The van der Waals surface area contributed by atoms with Crippen LogP contribution < -0.4 is 5.32 Å². The van der Waals surface area contributed by atoms with Crippen molar-refractivity contribution in [2.75, 3.05) is 31.6 Å². The first-order chi connectivity index (χ1) is 8.24. The number of hydrogen-bond donors (Lipinski definition) is 2. The van der Waals surface area contributed by atoms with Crippen molar-refractivity contribution in [1.82, 2.24) is 14.9 Å². The number of hydrogen-bond acceptors (Lipinski definition) is 5. The van der Waals surface area contributed by atoms with Crippen molar-refractivity contribution in [2.45, 2.75) is 6.54 Å². The number of carboxylic acid groups (broad SMARTS) is 1. The lowest BCUT2D eigenvalue weighted by atomic mass is 10.4. The zero-order valence-electron chi connectivity index (χ0n) is 9.30. The van der Waals surface area contributed by atoms with Crippen LogP contribution in [0, 0.1) is 0 Å². The fraction of sp³-hybridized carbons (Fsp3) is 0.500. The summed E-state index contributed by atoms with van der Waals surface area (Å²) in [6, 6.07) is 0. The number of rotatable bonds is 3. The Morgan fingerprint density at radius 1 is 1.41 bits per heavy atom. The van der Waals surface area contributed by atoms with E-state index in [9.17, 15) is 4.79 Å². The van der Waals surface area contributed by atoms with Crippen molar-refractivity contribution in [3.63, 3.8) is 0 Å². The maximum atomic E-state index is 10.4. The van der Waals surface area contributed by atoms with Crippen molar-refractivity contribution in [2.24, 2.45) is 0 Å². The van der Waals surface area contributed by atoms with Crippen LogP contribution in [0.2, 0.25) is 0 Å². The maximum Gasteiger partial charge on any atom is 0.409 e. The second-order valence-corrected chi connectivity index (χ2v) is 3.71. The van der Waals surface area contributed by atoms with Crippen LogP contribution >= 0.6 is 0 Å². The van der Waals surface area contributed by atoms with Gasteiger partial charge in [-0.25, -0.2) is 14.8 Å². The molecule has 0 aromatic carbocycles. The van der Waals surface area contributed by atoms with Gasteiger partial charge in [-0.15, -0.1) is 0 Å². The number of anilines is 1. The van der Waals surface area contributed by atoms with Crippen molar-refractivity contribution in [1.29, 1.82) is 0 Å². The molecule has 1 aromatic rings. The Labute approximate surface area is 98.4 Å². The molecule has 2 rings (SSSR count). The maximum absolute atomic E-state index is 10.4. The Morgan fingerprint density at radius 2 is 2.06 bits per heavy atom. The van der Waals surface area contributed by atoms with Gasteiger partial charge in [-0.2, -0.15) is 0 Å². The summed E-state index contributed by atoms with van der Waals surface area (Å²) < 4.78 is 5.24. The summed E-state index contributed by atoms with van der Waals surface area (Å²) in [6.07, 6.45) is 1.82. The number of nitrogens with zero attached hydrogens (tertiary/aromatic N) is 3. The predicted molar refractivity (Wildman–Crippen MR) is 59.8 cm³/mol. The highest BCUT2D eigenvalue weighted by atomic mass is 16.5. The van der Waals surface area contributed by atoms with Crippen LogP contribution in [-0.2, 0) is 11.3 Å². The van der Waals surface area contributed by atoms with Crippen LogP contribution in [-0.4, -0.2) is 52.4 Å². The molecule has 0 saturated carbocycles. The van der Waals surface area contributed by atoms with Gasteiger partial charge < -0.3 is 9.84 Å². The van der Waals surface area contributed by atoms with Crippen molar-refractivity contribution in [3.05, 3.63) is 18.2 Å². The lowest BCUT2D eigenvalue weighted by Gasteiger charge is -2.25. The highest BCUT2D eigenvalue weighted by molar-refractivity contribution is 5.82. The first kappa shape index (κ1) is 11.7. The van der Waals surface area contributed by atoms with Crippen LogP contribution in [0.15, 0.2) is 12.4 Å². The predicted octanol–water partition coefficient (Wildman–Crippen LogP) is 0.399. The van der Waals surface area contributed by atoms with Gasteiger partial charge in [0.1, 0.15) is 5.82 Å². The van der Waals surface area contributed by atoms with Crippen LogP contribution in [0.3, 0.4) is 0 Å². The molecule has 1 aliphatic heterocycles. The molecule has 7 nitrogen and oxygen atoms in total. The molecule has 1 saturated heterocycles. The van der Waals surface area contributed by atoms with E-state index >= 15 is 0 Å². The van der Waals surface area contributed by atoms with E-state index in [1.165, 1.54) is 12.4 Å². The van der Waals surface area contributed by atoms with E-state index in [0.717, 1.165) is 26.3 Å². The summed E-state index contributed by atoms with van der Waals surface area (Å²) in [4.78, 5) is 20.8. The Kier molecular flexibility index (Phi) is 3.84. The molecule has 1 aromatic heterocycles. The summed E-state index contributed by atoms with van der Waals surface area (Å²) in [7, 11) is 0. The van der Waals surface area contributed by atoms with Gasteiger partial charge >= 0.3 is 6.09 Å². The molecule has 0 radical (unpaired) electrons. The molecular formula is C10H14N4O3. The third-order valence-electron chi connectivity index (χ3n) is 2.43. The van der Waals surface area contributed by atoms with E-state index in [-0.39, 0.29) is 0 Å². The molecule has 7 heteroatoms. The zero-order chi connectivity index (χ0) is 12.1. The molecule has 2 heterocycles. The summed E-state index contributed by atoms with van der Waals surface area (Å²) in [6.45, 7) is 3.88. The van der Waals surface area contributed by atoms with E-state index < -0.39 is 6.09 Å². The molecule has 92 valence electrons. The molecule has 0 aliphatic carbocycles. The van der Waals surface area contributed by atoms with Crippen molar-refractivity contribution >= 4 is 11.8 Å². The fourth-order valence-corrected chi connectivity index (χ4v) is 1.58. The number of morpholine rings is 1. The molecule has 1 fully saturated rings. The summed E-state index contributed by atoms with van der Waals surface area (Å²) in [5, 5.41) is 10.7. The number of nitrogens with one attached hydrogen (secondary N) is 1. The van der Waals surface area contributed by atoms with E-state index in [1.54, 1.807) is 0 Å². The van der Waals surface area contributed by atoms with Crippen LogP contribution in [0.25, 0.3) is 0 Å². The van der Waals surface area contributed by atoms with Gasteiger partial charge in [0.15, 0.2) is 0 Å². The monoisotopic (exact) mass is 238 g/mol. The minimum atomic E-state index is -1.12. The van der Waals surface area contributed by atoms with E-state index in [1.807, 2.05) is 0 Å². The van der Waals surface area contributed by atoms with Gasteiger partial charge in [-0.1, -0.05) is 0 Å². The van der Waals surface area contributed by atoms with Crippen LogP contribution in [0.1, 0.15) is 5.82 Å². The average molecular weight is 238 g/mol. The van der Waals surface area contributed by atoms with Gasteiger partial charge in [0, 0.05) is 13.1 Å². The largest absolute Gasteiger partial charge is 0.465 e. The van der Waals surface area contributed by atoms with Gasteiger partial charge in [0.2, 0.25) is 0 Å². The van der Waals surface area contributed by atoms with Crippen molar-refractivity contribution < 1.29 is 14.6 Å². The quantitative estimate of drug-likeness (QED) is 0.792. The summed E-state index contributed by atoms with van der Waals surface area (Å²) in [5.74, 6) is 0.683. The van der Waals surface area contributed by atoms with E-state index in [0.29, 0.717) is 18.1 Å². The molecule has 0 bridgehead atoms. The van der Waals surface area contributed by atoms with Crippen molar-refractivity contribution in [3.8, 4) is 0 Å². The third kappa shape index (κ3) is 3.65. The third-order valence-corrected chi connectivity index (χ3v) is 2.43. The molecule has 1 amide bonds. The first-order valence-electron chi connectivity index (χ1n) is 5.35. The highest BCUT2D eigenvalue weighted by Crippen LogP contribution is 2.06. The summed E-state index contributed by atoms with van der Waals surface area (Å²) in [5.41, 5.74) is 0.378. The number of amides is 1. The van der Waals surface area contributed by atoms with Gasteiger partial charge in [-0.05, 0) is 0 Å².